The fourth-order valence-electron chi connectivity index (χ4n) is 1.62. The monoisotopic (exact) mass is 246 g/mol. The molecule has 0 aliphatic heterocycles. The molecule has 5 heteroatoms. The van der Waals surface area contributed by atoms with Crippen LogP contribution in [0.2, 0.25) is 0 Å². The second-order valence-corrected chi connectivity index (χ2v) is 4.61. The normalized spacial score (nSPS) is 12.6. The highest BCUT2D eigenvalue weighted by Crippen LogP contribution is 2.30. The van der Waals surface area contributed by atoms with Crippen LogP contribution in [0.15, 0.2) is 24.3 Å². The molecule has 0 spiro atoms. The lowest BCUT2D eigenvalue weighted by Crippen LogP contribution is -2.40. The average molecular weight is 246 g/mol. The predicted octanol–water partition coefficient (Wildman–Crippen LogP) is 3.12. The third-order valence-electron chi connectivity index (χ3n) is 2.31. The van der Waals surface area contributed by atoms with E-state index in [0.29, 0.717) is 12.2 Å². The quantitative estimate of drug-likeness (QED) is 0.853. The topological polar surface area (TPSA) is 24.1 Å². The fourth-order valence-corrected chi connectivity index (χ4v) is 1.62. The van der Waals surface area contributed by atoms with Crippen molar-refractivity contribution in [3.8, 4) is 0 Å². The Bertz CT molecular complexity index is 355. The van der Waals surface area contributed by atoms with Gasteiger partial charge >= 0.3 is 6.18 Å². The zero-order chi connectivity index (χ0) is 13.1. The van der Waals surface area contributed by atoms with Crippen LogP contribution in [-0.4, -0.2) is 19.1 Å². The molecular formula is C12H17F3N2. The molecule has 0 bridgehead atoms. The Balaban J connectivity index is 2.75. The Kier molecular flexibility index (Phi) is 4.03. The smallest absolute Gasteiger partial charge is 0.379 e. The van der Waals surface area contributed by atoms with E-state index in [1.54, 1.807) is 0 Å². The Morgan fingerprint density at radius 2 is 1.59 bits per heavy atom. The first kappa shape index (κ1) is 13.8. The number of hydrogen-bond acceptors (Lipinski definition) is 2. The van der Waals surface area contributed by atoms with Crippen LogP contribution in [0.25, 0.3) is 0 Å². The number of halogens is 3. The van der Waals surface area contributed by atoms with Gasteiger partial charge in [0.1, 0.15) is 0 Å². The highest BCUT2D eigenvalue weighted by Gasteiger charge is 2.30. The average Bonchev–Trinajstić information content (AvgIpc) is 2.16. The minimum absolute atomic E-state index is 0.214. The summed E-state index contributed by atoms with van der Waals surface area (Å²) in [5.74, 6) is 0. The molecule has 2 N–H and O–H groups in total. The van der Waals surface area contributed by atoms with Crippen LogP contribution in [0.5, 0.6) is 0 Å². The van der Waals surface area contributed by atoms with E-state index in [2.05, 4.69) is 10.6 Å². The summed E-state index contributed by atoms with van der Waals surface area (Å²) in [5.41, 5.74) is -0.165. The molecule has 1 aromatic carbocycles. The number of alkyl halides is 3. The van der Waals surface area contributed by atoms with Crippen molar-refractivity contribution in [1.82, 2.24) is 5.32 Å². The first-order valence-corrected chi connectivity index (χ1v) is 5.35. The van der Waals surface area contributed by atoms with Gasteiger partial charge in [-0.3, -0.25) is 0 Å². The second kappa shape index (κ2) is 4.96. The zero-order valence-electron chi connectivity index (χ0n) is 10.2. The van der Waals surface area contributed by atoms with Crippen molar-refractivity contribution in [2.75, 3.05) is 18.9 Å². The number of rotatable bonds is 4. The number of hydrogen-bond donors (Lipinski definition) is 2. The molecule has 1 aromatic rings. The van der Waals surface area contributed by atoms with Gasteiger partial charge in [0.15, 0.2) is 0 Å². The van der Waals surface area contributed by atoms with E-state index in [9.17, 15) is 13.2 Å². The Hall–Kier alpha value is -1.23. The molecule has 0 atom stereocenters. The third kappa shape index (κ3) is 4.26. The molecule has 0 heterocycles. The molecule has 17 heavy (non-hydrogen) atoms. The third-order valence-corrected chi connectivity index (χ3v) is 2.31. The van der Waals surface area contributed by atoms with Gasteiger partial charge in [0.05, 0.1) is 5.56 Å². The van der Waals surface area contributed by atoms with E-state index in [1.807, 2.05) is 20.9 Å². The minimum Gasteiger partial charge on any atom is -0.379 e. The number of anilines is 1. The van der Waals surface area contributed by atoms with E-state index < -0.39 is 11.7 Å². The number of nitrogens with one attached hydrogen (secondary N) is 2. The molecule has 0 saturated carbocycles. The van der Waals surface area contributed by atoms with Crippen LogP contribution in [0.1, 0.15) is 19.4 Å². The lowest BCUT2D eigenvalue weighted by atomic mass is 10.0. The van der Waals surface area contributed by atoms with Crippen molar-refractivity contribution in [3.63, 3.8) is 0 Å². The largest absolute Gasteiger partial charge is 0.416 e. The molecule has 0 aromatic heterocycles. The van der Waals surface area contributed by atoms with Gasteiger partial charge in [-0.05, 0) is 45.2 Å². The minimum atomic E-state index is -4.28. The summed E-state index contributed by atoms with van der Waals surface area (Å²) in [7, 11) is 1.83. The molecule has 0 amide bonds. The molecule has 1 rings (SSSR count). The second-order valence-electron chi connectivity index (χ2n) is 4.61. The predicted molar refractivity (Wildman–Crippen MR) is 63.1 cm³/mol. The molecule has 0 aliphatic rings. The highest BCUT2D eigenvalue weighted by atomic mass is 19.4. The molecular weight excluding hydrogens is 229 g/mol. The van der Waals surface area contributed by atoms with Gasteiger partial charge < -0.3 is 10.6 Å². The molecule has 0 aliphatic carbocycles. The standard InChI is InChI=1S/C12H17F3N2/c1-11(2,8-16-3)17-10-6-4-9(5-7-10)12(13,14)15/h4-7,16-17H,8H2,1-3H3. The van der Waals surface area contributed by atoms with Crippen LogP contribution in [0.4, 0.5) is 18.9 Å². The molecule has 0 radical (unpaired) electrons. The van der Waals surface area contributed by atoms with Gasteiger partial charge in [0.25, 0.3) is 0 Å². The van der Waals surface area contributed by atoms with Crippen molar-refractivity contribution in [3.05, 3.63) is 29.8 Å². The Morgan fingerprint density at radius 1 is 1.06 bits per heavy atom. The summed E-state index contributed by atoms with van der Waals surface area (Å²) < 4.78 is 37.0. The highest BCUT2D eigenvalue weighted by molar-refractivity contribution is 5.47. The summed E-state index contributed by atoms with van der Waals surface area (Å²) in [6.45, 7) is 4.66. The van der Waals surface area contributed by atoms with Gasteiger partial charge in [-0.1, -0.05) is 0 Å². The molecule has 0 saturated heterocycles. The lowest BCUT2D eigenvalue weighted by molar-refractivity contribution is -0.137. The SMILES string of the molecule is CNCC(C)(C)Nc1ccc(C(F)(F)F)cc1. The van der Waals surface area contributed by atoms with E-state index >= 15 is 0 Å². The van der Waals surface area contributed by atoms with Gasteiger partial charge in [-0.2, -0.15) is 13.2 Å². The van der Waals surface area contributed by atoms with Crippen molar-refractivity contribution in [1.29, 1.82) is 0 Å². The Labute approximate surface area is 99.2 Å². The summed E-state index contributed by atoms with van der Waals surface area (Å²) >= 11 is 0. The summed E-state index contributed by atoms with van der Waals surface area (Å²) in [6.07, 6.45) is -4.28. The van der Waals surface area contributed by atoms with Crippen LogP contribution in [-0.2, 0) is 6.18 Å². The van der Waals surface area contributed by atoms with Crippen molar-refractivity contribution in [2.24, 2.45) is 0 Å². The molecule has 0 unspecified atom stereocenters. The van der Waals surface area contributed by atoms with E-state index in [-0.39, 0.29) is 5.54 Å². The molecule has 2 nitrogen and oxygen atoms in total. The summed E-state index contributed by atoms with van der Waals surface area (Å²) in [5, 5.41) is 6.19. The van der Waals surface area contributed by atoms with E-state index in [4.69, 9.17) is 0 Å². The number of likely N-dealkylation sites (N-methyl/N-ethyl adjacent to an activating group) is 1. The van der Waals surface area contributed by atoms with Gasteiger partial charge in [0.2, 0.25) is 0 Å². The van der Waals surface area contributed by atoms with Gasteiger partial charge in [-0.25, -0.2) is 0 Å². The Morgan fingerprint density at radius 3 is 2.00 bits per heavy atom. The van der Waals surface area contributed by atoms with Crippen molar-refractivity contribution >= 4 is 5.69 Å². The first-order valence-electron chi connectivity index (χ1n) is 5.35. The lowest BCUT2D eigenvalue weighted by Gasteiger charge is -2.27. The fraction of sp³-hybridized carbons (Fsp3) is 0.500. The maximum absolute atomic E-state index is 12.3. The number of benzene rings is 1. The zero-order valence-corrected chi connectivity index (χ0v) is 10.2. The van der Waals surface area contributed by atoms with Crippen LogP contribution in [0.3, 0.4) is 0 Å². The molecule has 96 valence electrons. The van der Waals surface area contributed by atoms with E-state index in [0.717, 1.165) is 12.1 Å². The van der Waals surface area contributed by atoms with Crippen molar-refractivity contribution in [2.45, 2.75) is 25.6 Å². The maximum atomic E-state index is 12.3. The van der Waals surface area contributed by atoms with Gasteiger partial charge in [-0.15, -0.1) is 0 Å². The van der Waals surface area contributed by atoms with Crippen molar-refractivity contribution < 1.29 is 13.2 Å². The van der Waals surface area contributed by atoms with Crippen LogP contribution < -0.4 is 10.6 Å². The maximum Gasteiger partial charge on any atom is 0.416 e. The summed E-state index contributed by atoms with van der Waals surface area (Å²) in [4.78, 5) is 0. The van der Waals surface area contributed by atoms with E-state index in [1.165, 1.54) is 12.1 Å². The first-order chi connectivity index (χ1) is 7.74. The summed E-state index contributed by atoms with van der Waals surface area (Å²) in [6, 6.07) is 5.05. The van der Waals surface area contributed by atoms with Crippen LogP contribution >= 0.6 is 0 Å². The molecule has 0 fully saturated rings. The van der Waals surface area contributed by atoms with Gasteiger partial charge in [0, 0.05) is 17.8 Å². The van der Waals surface area contributed by atoms with Crippen LogP contribution in [0, 0.1) is 0 Å².